The van der Waals surface area contributed by atoms with E-state index in [0.29, 0.717) is 0 Å². The summed E-state index contributed by atoms with van der Waals surface area (Å²) in [6.45, 7) is 4.08. The summed E-state index contributed by atoms with van der Waals surface area (Å²) in [6.07, 6.45) is 11.0. The summed E-state index contributed by atoms with van der Waals surface area (Å²) in [7, 11) is 0. The van der Waals surface area contributed by atoms with Crippen molar-refractivity contribution >= 4 is 0 Å². The number of aliphatic hydroxyl groups excluding tert-OH is 1. The predicted molar refractivity (Wildman–Crippen MR) is 51.9 cm³/mol. The Morgan fingerprint density at radius 1 is 1.33 bits per heavy atom. The fraction of sp³-hybridized carbons (Fsp3) is 0.636. The molecule has 0 bridgehead atoms. The lowest BCUT2D eigenvalue weighted by Crippen LogP contribution is -1.90. The van der Waals surface area contributed by atoms with Crippen molar-refractivity contribution in [3.8, 4) is 0 Å². The van der Waals surface area contributed by atoms with Gasteiger partial charge >= 0.3 is 0 Å². The van der Waals surface area contributed by atoms with E-state index in [1.54, 1.807) is 0 Å². The molecule has 2 atom stereocenters. The van der Waals surface area contributed by atoms with E-state index in [-0.39, 0.29) is 6.61 Å². The molecule has 1 nitrogen and oxygen atoms in total. The Kier molecular flexibility index (Phi) is 4.09. The largest absolute Gasteiger partial charge is 0.396 e. The zero-order chi connectivity index (χ0) is 8.81. The van der Waals surface area contributed by atoms with Crippen LogP contribution in [0.4, 0.5) is 0 Å². The molecule has 1 aliphatic rings. The van der Waals surface area contributed by atoms with E-state index >= 15 is 0 Å². The van der Waals surface area contributed by atoms with Crippen molar-refractivity contribution in [2.75, 3.05) is 6.61 Å². The maximum absolute atomic E-state index is 8.57. The van der Waals surface area contributed by atoms with Gasteiger partial charge < -0.3 is 5.11 Å². The highest BCUT2D eigenvalue weighted by atomic mass is 16.2. The first-order valence-corrected chi connectivity index (χ1v) is 4.77. The van der Waals surface area contributed by atoms with Crippen LogP contribution in [0.2, 0.25) is 0 Å². The van der Waals surface area contributed by atoms with Gasteiger partial charge in [0.05, 0.1) is 0 Å². The van der Waals surface area contributed by atoms with Crippen molar-refractivity contribution in [2.24, 2.45) is 11.8 Å². The van der Waals surface area contributed by atoms with Crippen LogP contribution in [-0.2, 0) is 0 Å². The van der Waals surface area contributed by atoms with Crippen LogP contribution in [0.5, 0.6) is 0 Å². The van der Waals surface area contributed by atoms with Crippen molar-refractivity contribution < 1.29 is 5.11 Å². The molecule has 1 fully saturated rings. The minimum absolute atomic E-state index is 0.272. The minimum Gasteiger partial charge on any atom is -0.396 e. The third kappa shape index (κ3) is 2.82. The Bertz CT molecular complexity index is 160. The van der Waals surface area contributed by atoms with Gasteiger partial charge in [0.2, 0.25) is 0 Å². The molecule has 0 aromatic heterocycles. The van der Waals surface area contributed by atoms with Gasteiger partial charge in [-0.15, -0.1) is 6.58 Å². The van der Waals surface area contributed by atoms with Crippen LogP contribution in [0.15, 0.2) is 24.8 Å². The highest BCUT2D eigenvalue weighted by molar-refractivity contribution is 4.96. The lowest BCUT2D eigenvalue weighted by molar-refractivity contribution is 0.302. The van der Waals surface area contributed by atoms with Gasteiger partial charge in [0.25, 0.3) is 0 Å². The maximum Gasteiger partial charge on any atom is 0.0465 e. The lowest BCUT2D eigenvalue weighted by atomic mass is 10.0. The normalized spacial score (nSPS) is 29.8. The summed E-state index contributed by atoms with van der Waals surface area (Å²) in [5.74, 6) is 1.47. The Balaban J connectivity index is 2.22. The lowest BCUT2D eigenvalue weighted by Gasteiger charge is -2.01. The molecule has 68 valence electrons. The average molecular weight is 166 g/mol. The molecule has 12 heavy (non-hydrogen) atoms. The second kappa shape index (κ2) is 5.15. The maximum atomic E-state index is 8.57. The topological polar surface area (TPSA) is 20.2 Å². The third-order valence-corrected chi connectivity index (χ3v) is 2.55. The summed E-state index contributed by atoms with van der Waals surface area (Å²) in [5.41, 5.74) is 0. The molecule has 0 spiro atoms. The van der Waals surface area contributed by atoms with Gasteiger partial charge in [-0.1, -0.05) is 18.2 Å². The molecule has 0 aliphatic heterocycles. The van der Waals surface area contributed by atoms with Crippen LogP contribution in [0, 0.1) is 11.8 Å². The molecule has 1 N–H and O–H groups in total. The van der Waals surface area contributed by atoms with Crippen LogP contribution in [0.25, 0.3) is 0 Å². The monoisotopic (exact) mass is 166 g/mol. The van der Waals surface area contributed by atoms with E-state index in [9.17, 15) is 0 Å². The molecule has 1 rings (SSSR count). The SMILES string of the molecule is C=C[C@H]1CC[C@@H](/C=C\CCO)C1. The number of rotatable bonds is 4. The van der Waals surface area contributed by atoms with Crippen LogP contribution in [0.1, 0.15) is 25.7 Å². The quantitative estimate of drug-likeness (QED) is 0.636. The standard InChI is InChI=1S/C11H18O/c1-2-10-6-7-11(9-10)5-3-4-8-12/h2-3,5,10-12H,1,4,6-9H2/b5-3-/t10-,11+/m0/s1. The van der Waals surface area contributed by atoms with Gasteiger partial charge in [-0.25, -0.2) is 0 Å². The van der Waals surface area contributed by atoms with Gasteiger partial charge in [0.15, 0.2) is 0 Å². The summed E-state index contributed by atoms with van der Waals surface area (Å²) >= 11 is 0. The molecular formula is C11H18O. The van der Waals surface area contributed by atoms with E-state index in [2.05, 4.69) is 24.8 Å². The van der Waals surface area contributed by atoms with E-state index in [0.717, 1.165) is 18.3 Å². The van der Waals surface area contributed by atoms with Gasteiger partial charge in [-0.2, -0.15) is 0 Å². The highest BCUT2D eigenvalue weighted by Gasteiger charge is 2.19. The van der Waals surface area contributed by atoms with E-state index in [1.165, 1.54) is 19.3 Å². The zero-order valence-electron chi connectivity index (χ0n) is 7.58. The van der Waals surface area contributed by atoms with Crippen molar-refractivity contribution in [2.45, 2.75) is 25.7 Å². The van der Waals surface area contributed by atoms with Gasteiger partial charge in [0, 0.05) is 6.61 Å². The molecule has 0 aromatic carbocycles. The molecule has 0 amide bonds. The van der Waals surface area contributed by atoms with Crippen LogP contribution in [0.3, 0.4) is 0 Å². The number of hydrogen-bond donors (Lipinski definition) is 1. The van der Waals surface area contributed by atoms with Crippen LogP contribution in [-0.4, -0.2) is 11.7 Å². The fourth-order valence-electron chi connectivity index (χ4n) is 1.80. The molecule has 0 saturated heterocycles. The highest BCUT2D eigenvalue weighted by Crippen LogP contribution is 2.32. The molecule has 1 heteroatoms. The number of allylic oxidation sites excluding steroid dienone is 2. The van der Waals surface area contributed by atoms with E-state index in [4.69, 9.17) is 5.11 Å². The van der Waals surface area contributed by atoms with Crippen molar-refractivity contribution in [3.05, 3.63) is 24.8 Å². The first-order valence-electron chi connectivity index (χ1n) is 4.77. The smallest absolute Gasteiger partial charge is 0.0465 e. The Morgan fingerprint density at radius 3 is 2.67 bits per heavy atom. The van der Waals surface area contributed by atoms with E-state index in [1.807, 2.05) is 0 Å². The molecule has 0 aromatic rings. The summed E-state index contributed by atoms with van der Waals surface area (Å²) in [6, 6.07) is 0. The van der Waals surface area contributed by atoms with Crippen LogP contribution < -0.4 is 0 Å². The van der Waals surface area contributed by atoms with Gasteiger partial charge in [-0.3, -0.25) is 0 Å². The molecule has 0 radical (unpaired) electrons. The third-order valence-electron chi connectivity index (χ3n) is 2.55. The first-order chi connectivity index (χ1) is 5.86. The van der Waals surface area contributed by atoms with E-state index < -0.39 is 0 Å². The Hall–Kier alpha value is -0.560. The van der Waals surface area contributed by atoms with Crippen LogP contribution >= 0.6 is 0 Å². The zero-order valence-corrected chi connectivity index (χ0v) is 7.58. The fourth-order valence-corrected chi connectivity index (χ4v) is 1.80. The molecule has 1 aliphatic carbocycles. The first kappa shape index (κ1) is 9.53. The molecule has 0 unspecified atom stereocenters. The summed E-state index contributed by atoms with van der Waals surface area (Å²) in [5, 5.41) is 8.57. The summed E-state index contributed by atoms with van der Waals surface area (Å²) in [4.78, 5) is 0. The van der Waals surface area contributed by atoms with Crippen molar-refractivity contribution in [3.63, 3.8) is 0 Å². The average Bonchev–Trinajstić information content (AvgIpc) is 2.53. The van der Waals surface area contributed by atoms with Crippen molar-refractivity contribution in [1.29, 1.82) is 0 Å². The van der Waals surface area contributed by atoms with Crippen molar-refractivity contribution in [1.82, 2.24) is 0 Å². The second-order valence-electron chi connectivity index (χ2n) is 3.51. The Morgan fingerprint density at radius 2 is 2.08 bits per heavy atom. The molecular weight excluding hydrogens is 148 g/mol. The molecule has 1 saturated carbocycles. The van der Waals surface area contributed by atoms with Gasteiger partial charge in [-0.05, 0) is 37.5 Å². The molecule has 0 heterocycles. The Labute approximate surface area is 74.8 Å². The summed E-state index contributed by atoms with van der Waals surface area (Å²) < 4.78 is 0. The van der Waals surface area contributed by atoms with Gasteiger partial charge in [0.1, 0.15) is 0 Å². The number of aliphatic hydroxyl groups is 1. The second-order valence-corrected chi connectivity index (χ2v) is 3.51. The number of hydrogen-bond acceptors (Lipinski definition) is 1. The minimum atomic E-state index is 0.272. The predicted octanol–water partition coefficient (Wildman–Crippen LogP) is 2.53.